The van der Waals surface area contributed by atoms with Crippen LogP contribution in [0.3, 0.4) is 0 Å². The molecule has 19 heavy (non-hydrogen) atoms. The molecule has 2 atom stereocenters. The summed E-state index contributed by atoms with van der Waals surface area (Å²) in [6, 6.07) is 0.376. The van der Waals surface area contributed by atoms with Gasteiger partial charge in [-0.25, -0.2) is 0 Å². The summed E-state index contributed by atoms with van der Waals surface area (Å²) >= 11 is 0. The first-order valence-corrected chi connectivity index (χ1v) is 6.44. The minimum atomic E-state index is -0.183. The monoisotopic (exact) mass is 315 g/mol. The van der Waals surface area contributed by atoms with Crippen molar-refractivity contribution in [2.45, 2.75) is 32.4 Å². The van der Waals surface area contributed by atoms with Crippen molar-refractivity contribution in [1.29, 1.82) is 0 Å². The molecule has 0 bridgehead atoms. The van der Waals surface area contributed by atoms with Crippen LogP contribution < -0.4 is 10.6 Å². The van der Waals surface area contributed by atoms with Crippen molar-refractivity contribution >= 4 is 30.7 Å². The average Bonchev–Trinajstić information content (AvgIpc) is 2.38. The summed E-state index contributed by atoms with van der Waals surface area (Å²) < 4.78 is 5.25. The van der Waals surface area contributed by atoms with Crippen LogP contribution in [0, 0.1) is 0 Å². The molecule has 1 saturated heterocycles. The molecule has 1 rings (SSSR count). The van der Waals surface area contributed by atoms with Crippen LogP contribution in [-0.2, 0) is 9.53 Å². The average molecular weight is 316 g/mol. The lowest BCUT2D eigenvalue weighted by molar-refractivity contribution is -0.125. The summed E-state index contributed by atoms with van der Waals surface area (Å²) in [5, 5.41) is 6.08. The van der Waals surface area contributed by atoms with Gasteiger partial charge in [0, 0.05) is 25.7 Å². The van der Waals surface area contributed by atoms with Crippen LogP contribution >= 0.6 is 24.8 Å². The van der Waals surface area contributed by atoms with Crippen LogP contribution in [0.25, 0.3) is 0 Å². The highest BCUT2D eigenvalue weighted by atomic mass is 35.5. The number of nitrogens with one attached hydrogen (secondary N) is 2. The number of carbonyl (C=O) groups is 1. The van der Waals surface area contributed by atoms with Gasteiger partial charge < -0.3 is 20.3 Å². The Hall–Kier alpha value is -0.0700. The van der Waals surface area contributed by atoms with Gasteiger partial charge in [-0.05, 0) is 20.4 Å². The third kappa shape index (κ3) is 7.95. The predicted octanol–water partition coefficient (Wildman–Crippen LogP) is 0.665. The molecule has 0 aromatic carbocycles. The van der Waals surface area contributed by atoms with Crippen LogP contribution in [0.4, 0.5) is 0 Å². The molecule has 0 aromatic heterocycles. The van der Waals surface area contributed by atoms with Gasteiger partial charge in [0.2, 0.25) is 5.91 Å². The third-order valence-electron chi connectivity index (χ3n) is 3.35. The SMILES string of the molecule is CCC(C)N(C)CCNC(=O)C1COCCN1.Cl.Cl. The molecule has 0 aliphatic carbocycles. The Morgan fingerprint density at radius 3 is 2.74 bits per heavy atom. The van der Waals surface area contributed by atoms with E-state index in [1.807, 2.05) is 0 Å². The molecule has 0 radical (unpaired) electrons. The lowest BCUT2D eigenvalue weighted by Gasteiger charge is -2.25. The van der Waals surface area contributed by atoms with E-state index in [1.165, 1.54) is 0 Å². The maximum atomic E-state index is 11.7. The topological polar surface area (TPSA) is 53.6 Å². The largest absolute Gasteiger partial charge is 0.378 e. The molecule has 7 heteroatoms. The van der Waals surface area contributed by atoms with Crippen molar-refractivity contribution in [3.63, 3.8) is 0 Å². The lowest BCUT2D eigenvalue weighted by atomic mass is 10.2. The molecule has 5 nitrogen and oxygen atoms in total. The Balaban J connectivity index is 0. The molecular formula is C12H27Cl2N3O2. The van der Waals surface area contributed by atoms with Crippen LogP contribution in [0.15, 0.2) is 0 Å². The molecule has 1 fully saturated rings. The van der Waals surface area contributed by atoms with Crippen LogP contribution in [0.1, 0.15) is 20.3 Å². The molecule has 1 aliphatic heterocycles. The number of ether oxygens (including phenoxy) is 1. The molecule has 2 N–H and O–H groups in total. The number of likely N-dealkylation sites (N-methyl/N-ethyl adjacent to an activating group) is 1. The summed E-state index contributed by atoms with van der Waals surface area (Å²) in [6.45, 7) is 7.87. The standard InChI is InChI=1S/C12H25N3O2.2ClH/c1-4-10(2)15(3)7-5-14-12(16)11-9-17-8-6-13-11;;/h10-11,13H,4-9H2,1-3H3,(H,14,16);2*1H. The third-order valence-corrected chi connectivity index (χ3v) is 3.35. The lowest BCUT2D eigenvalue weighted by Crippen LogP contribution is -2.52. The fourth-order valence-electron chi connectivity index (χ4n) is 1.74. The van der Waals surface area contributed by atoms with Gasteiger partial charge in [0.05, 0.1) is 13.2 Å². The van der Waals surface area contributed by atoms with Gasteiger partial charge in [0.1, 0.15) is 6.04 Å². The maximum absolute atomic E-state index is 11.7. The Morgan fingerprint density at radius 1 is 1.53 bits per heavy atom. The first-order valence-electron chi connectivity index (χ1n) is 6.44. The normalized spacial score (nSPS) is 20.1. The van der Waals surface area contributed by atoms with E-state index in [0.29, 0.717) is 25.8 Å². The first-order chi connectivity index (χ1) is 8.15. The van der Waals surface area contributed by atoms with E-state index in [4.69, 9.17) is 4.74 Å². The zero-order valence-electron chi connectivity index (χ0n) is 12.0. The highest BCUT2D eigenvalue weighted by molar-refractivity contribution is 5.85. The second kappa shape index (κ2) is 11.7. The summed E-state index contributed by atoms with van der Waals surface area (Å²) in [5.41, 5.74) is 0. The van der Waals surface area contributed by atoms with Gasteiger partial charge in [0.15, 0.2) is 0 Å². The smallest absolute Gasteiger partial charge is 0.239 e. The number of hydrogen-bond acceptors (Lipinski definition) is 4. The molecule has 116 valence electrons. The van der Waals surface area contributed by atoms with Crippen molar-refractivity contribution in [3.8, 4) is 0 Å². The maximum Gasteiger partial charge on any atom is 0.239 e. The van der Waals surface area contributed by atoms with Crippen molar-refractivity contribution in [1.82, 2.24) is 15.5 Å². The van der Waals surface area contributed by atoms with Crippen molar-refractivity contribution in [3.05, 3.63) is 0 Å². The van der Waals surface area contributed by atoms with E-state index in [2.05, 4.69) is 36.4 Å². The number of rotatable bonds is 6. The number of carbonyl (C=O) groups excluding carboxylic acids is 1. The molecule has 1 amide bonds. The van der Waals surface area contributed by atoms with E-state index in [9.17, 15) is 4.79 Å². The van der Waals surface area contributed by atoms with Crippen LogP contribution in [0.2, 0.25) is 0 Å². The second-order valence-corrected chi connectivity index (χ2v) is 4.61. The number of morpholine rings is 1. The van der Waals surface area contributed by atoms with Crippen molar-refractivity contribution < 1.29 is 9.53 Å². The first kappa shape index (κ1) is 21.2. The predicted molar refractivity (Wildman–Crippen MR) is 82.5 cm³/mol. The summed E-state index contributed by atoms with van der Waals surface area (Å²) in [4.78, 5) is 14.0. The summed E-state index contributed by atoms with van der Waals surface area (Å²) in [5.74, 6) is 0.0438. The Kier molecular flexibility index (Phi) is 13.1. The van der Waals surface area contributed by atoms with Gasteiger partial charge in [0.25, 0.3) is 0 Å². The van der Waals surface area contributed by atoms with Gasteiger partial charge >= 0.3 is 0 Å². The van der Waals surface area contributed by atoms with Gasteiger partial charge in [-0.3, -0.25) is 4.79 Å². The molecule has 0 aromatic rings. The number of nitrogens with zero attached hydrogens (tertiary/aromatic N) is 1. The summed E-state index contributed by atoms with van der Waals surface area (Å²) in [6.07, 6.45) is 1.13. The van der Waals surface area contributed by atoms with E-state index in [0.717, 1.165) is 19.5 Å². The Morgan fingerprint density at radius 2 is 2.21 bits per heavy atom. The number of halogens is 2. The van der Waals surface area contributed by atoms with E-state index in [-0.39, 0.29) is 36.8 Å². The van der Waals surface area contributed by atoms with E-state index in [1.54, 1.807) is 0 Å². The molecular weight excluding hydrogens is 289 g/mol. The minimum absolute atomic E-state index is 0. The van der Waals surface area contributed by atoms with Gasteiger partial charge in [-0.15, -0.1) is 24.8 Å². The zero-order valence-corrected chi connectivity index (χ0v) is 13.6. The van der Waals surface area contributed by atoms with E-state index >= 15 is 0 Å². The second-order valence-electron chi connectivity index (χ2n) is 4.61. The van der Waals surface area contributed by atoms with Crippen molar-refractivity contribution in [2.75, 3.05) is 39.9 Å². The fraction of sp³-hybridized carbons (Fsp3) is 0.917. The fourth-order valence-corrected chi connectivity index (χ4v) is 1.74. The molecule has 1 aliphatic rings. The van der Waals surface area contributed by atoms with Crippen LogP contribution in [0.5, 0.6) is 0 Å². The summed E-state index contributed by atoms with van der Waals surface area (Å²) in [7, 11) is 2.09. The Labute approximate surface area is 128 Å². The van der Waals surface area contributed by atoms with Crippen LogP contribution in [-0.4, -0.2) is 62.8 Å². The quantitative estimate of drug-likeness (QED) is 0.756. The highest BCUT2D eigenvalue weighted by Gasteiger charge is 2.20. The van der Waals surface area contributed by atoms with Gasteiger partial charge in [-0.1, -0.05) is 6.92 Å². The van der Waals surface area contributed by atoms with E-state index < -0.39 is 0 Å². The molecule has 1 heterocycles. The minimum Gasteiger partial charge on any atom is -0.378 e. The molecule has 2 unspecified atom stereocenters. The Bertz CT molecular complexity index is 239. The number of hydrogen-bond donors (Lipinski definition) is 2. The van der Waals surface area contributed by atoms with Crippen molar-refractivity contribution in [2.24, 2.45) is 0 Å². The van der Waals surface area contributed by atoms with Gasteiger partial charge in [-0.2, -0.15) is 0 Å². The highest BCUT2D eigenvalue weighted by Crippen LogP contribution is 1.98. The molecule has 0 spiro atoms. The molecule has 0 saturated carbocycles. The number of amides is 1. The zero-order chi connectivity index (χ0) is 12.7.